The third-order valence-corrected chi connectivity index (χ3v) is 5.37. The SMILES string of the molecule is COc1ccc(Br)cc1CCNC(=O)NS(=O)(=O)c1ccc(Cl)cc1. The third-order valence-electron chi connectivity index (χ3n) is 3.27. The predicted octanol–water partition coefficient (Wildman–Crippen LogP) is 3.34. The number of carbonyl (C=O) groups excluding carboxylic acids is 1. The largest absolute Gasteiger partial charge is 0.496 e. The van der Waals surface area contributed by atoms with E-state index in [2.05, 4.69) is 21.2 Å². The molecule has 0 bridgehead atoms. The van der Waals surface area contributed by atoms with Gasteiger partial charge in [-0.2, -0.15) is 0 Å². The number of hydrogen-bond acceptors (Lipinski definition) is 4. The van der Waals surface area contributed by atoms with Crippen LogP contribution in [0.4, 0.5) is 4.79 Å². The van der Waals surface area contributed by atoms with Crippen molar-refractivity contribution in [2.45, 2.75) is 11.3 Å². The van der Waals surface area contributed by atoms with E-state index in [4.69, 9.17) is 16.3 Å². The lowest BCUT2D eigenvalue weighted by Gasteiger charge is -2.11. The van der Waals surface area contributed by atoms with Gasteiger partial charge in [-0.05, 0) is 54.4 Å². The molecule has 0 saturated heterocycles. The Hall–Kier alpha value is -1.77. The van der Waals surface area contributed by atoms with E-state index in [1.165, 1.54) is 24.3 Å². The molecule has 0 aliphatic carbocycles. The molecular weight excluding hydrogens is 432 g/mol. The molecule has 0 spiro atoms. The van der Waals surface area contributed by atoms with Crippen molar-refractivity contribution < 1.29 is 17.9 Å². The van der Waals surface area contributed by atoms with E-state index >= 15 is 0 Å². The maximum atomic E-state index is 12.1. The smallest absolute Gasteiger partial charge is 0.328 e. The first-order chi connectivity index (χ1) is 11.8. The molecule has 6 nitrogen and oxygen atoms in total. The summed E-state index contributed by atoms with van der Waals surface area (Å²) >= 11 is 9.10. The van der Waals surface area contributed by atoms with Gasteiger partial charge in [-0.1, -0.05) is 27.5 Å². The Morgan fingerprint density at radius 2 is 1.88 bits per heavy atom. The predicted molar refractivity (Wildman–Crippen MR) is 99.6 cm³/mol. The molecule has 0 heterocycles. The molecule has 0 fully saturated rings. The summed E-state index contributed by atoms with van der Waals surface area (Å²) in [6, 6.07) is 10.3. The molecular formula is C16H16BrClN2O4S. The Bertz CT molecular complexity index is 857. The van der Waals surface area contributed by atoms with E-state index in [0.29, 0.717) is 17.2 Å². The number of nitrogens with one attached hydrogen (secondary N) is 2. The highest BCUT2D eigenvalue weighted by atomic mass is 79.9. The minimum Gasteiger partial charge on any atom is -0.496 e. The summed E-state index contributed by atoms with van der Waals surface area (Å²) in [5.41, 5.74) is 0.887. The molecule has 0 aliphatic rings. The Morgan fingerprint density at radius 1 is 1.20 bits per heavy atom. The van der Waals surface area contributed by atoms with Crippen molar-refractivity contribution in [1.82, 2.24) is 10.0 Å². The summed E-state index contributed by atoms with van der Waals surface area (Å²) < 4.78 is 32.3. The van der Waals surface area contributed by atoms with Gasteiger partial charge < -0.3 is 10.1 Å². The van der Waals surface area contributed by atoms with Gasteiger partial charge in [0, 0.05) is 16.0 Å². The van der Waals surface area contributed by atoms with Crippen LogP contribution in [0.25, 0.3) is 0 Å². The topological polar surface area (TPSA) is 84.5 Å². The van der Waals surface area contributed by atoms with Gasteiger partial charge in [-0.15, -0.1) is 0 Å². The molecule has 2 aromatic rings. The maximum Gasteiger partial charge on any atom is 0.328 e. The van der Waals surface area contributed by atoms with Crippen LogP contribution in [-0.2, 0) is 16.4 Å². The Balaban J connectivity index is 1.93. The summed E-state index contributed by atoms with van der Waals surface area (Å²) in [4.78, 5) is 11.8. The van der Waals surface area contributed by atoms with Crippen molar-refractivity contribution in [2.24, 2.45) is 0 Å². The second-order valence-corrected chi connectivity index (χ2v) is 8.06. The van der Waals surface area contributed by atoms with Crippen LogP contribution in [0.1, 0.15) is 5.56 Å². The number of sulfonamides is 1. The standard InChI is InChI=1S/C16H16BrClN2O4S/c1-24-15-7-2-12(17)10-11(15)8-9-19-16(21)20-25(22,23)14-5-3-13(18)4-6-14/h2-7,10H,8-9H2,1H3,(H2,19,20,21). The fraction of sp³-hybridized carbons (Fsp3) is 0.188. The first-order valence-electron chi connectivity index (χ1n) is 7.20. The number of urea groups is 1. The number of carbonyl (C=O) groups is 1. The first-order valence-corrected chi connectivity index (χ1v) is 9.86. The van der Waals surface area contributed by atoms with Gasteiger partial charge in [0.2, 0.25) is 0 Å². The van der Waals surface area contributed by atoms with Crippen LogP contribution in [-0.4, -0.2) is 28.1 Å². The zero-order valence-electron chi connectivity index (χ0n) is 13.3. The van der Waals surface area contributed by atoms with E-state index < -0.39 is 16.1 Å². The van der Waals surface area contributed by atoms with E-state index in [1.54, 1.807) is 7.11 Å². The van der Waals surface area contributed by atoms with E-state index in [1.807, 2.05) is 22.9 Å². The van der Waals surface area contributed by atoms with Gasteiger partial charge in [0.1, 0.15) is 5.75 Å². The van der Waals surface area contributed by atoms with Gasteiger partial charge in [-0.3, -0.25) is 0 Å². The van der Waals surface area contributed by atoms with Crippen LogP contribution in [0.5, 0.6) is 5.75 Å². The van der Waals surface area contributed by atoms with Gasteiger partial charge in [0.25, 0.3) is 10.0 Å². The van der Waals surface area contributed by atoms with Crippen LogP contribution in [0.15, 0.2) is 51.8 Å². The number of methoxy groups -OCH3 is 1. The lowest BCUT2D eigenvalue weighted by molar-refractivity contribution is 0.246. The second kappa shape index (κ2) is 8.55. The van der Waals surface area contributed by atoms with Crippen molar-refractivity contribution in [1.29, 1.82) is 0 Å². The number of rotatable bonds is 6. The van der Waals surface area contributed by atoms with Crippen molar-refractivity contribution in [3.63, 3.8) is 0 Å². The number of ether oxygens (including phenoxy) is 1. The molecule has 0 saturated carbocycles. The van der Waals surface area contributed by atoms with Crippen molar-refractivity contribution in [2.75, 3.05) is 13.7 Å². The van der Waals surface area contributed by atoms with Crippen molar-refractivity contribution >= 4 is 43.6 Å². The number of benzene rings is 2. The highest BCUT2D eigenvalue weighted by molar-refractivity contribution is 9.10. The summed E-state index contributed by atoms with van der Waals surface area (Å²) in [6.07, 6.45) is 0.483. The quantitative estimate of drug-likeness (QED) is 0.711. The second-order valence-electron chi connectivity index (χ2n) is 5.02. The molecule has 0 aromatic heterocycles. The number of hydrogen-bond donors (Lipinski definition) is 2. The van der Waals surface area contributed by atoms with Crippen LogP contribution in [0.2, 0.25) is 5.02 Å². The molecule has 2 amide bonds. The molecule has 2 rings (SSSR count). The Morgan fingerprint density at radius 3 is 2.52 bits per heavy atom. The van der Waals surface area contributed by atoms with E-state index in [9.17, 15) is 13.2 Å². The monoisotopic (exact) mass is 446 g/mol. The van der Waals surface area contributed by atoms with E-state index in [0.717, 1.165) is 10.0 Å². The molecule has 0 unspecified atom stereocenters. The molecule has 134 valence electrons. The van der Waals surface area contributed by atoms with Gasteiger partial charge >= 0.3 is 6.03 Å². The van der Waals surface area contributed by atoms with Gasteiger partial charge in [0.05, 0.1) is 12.0 Å². The first kappa shape index (κ1) is 19.6. The highest BCUT2D eigenvalue weighted by Crippen LogP contribution is 2.23. The maximum absolute atomic E-state index is 12.1. The molecule has 0 atom stereocenters. The molecule has 0 aliphatic heterocycles. The third kappa shape index (κ3) is 5.62. The minimum atomic E-state index is -3.94. The average molecular weight is 448 g/mol. The summed E-state index contributed by atoms with van der Waals surface area (Å²) in [7, 11) is -2.38. The van der Waals surface area contributed by atoms with Gasteiger partial charge in [-0.25, -0.2) is 17.9 Å². The fourth-order valence-corrected chi connectivity index (χ4v) is 3.55. The summed E-state index contributed by atoms with van der Waals surface area (Å²) in [6.45, 7) is 0.245. The van der Waals surface area contributed by atoms with Crippen LogP contribution < -0.4 is 14.8 Å². The van der Waals surface area contributed by atoms with Crippen molar-refractivity contribution in [3.8, 4) is 5.75 Å². The Kier molecular flexibility index (Phi) is 6.69. The molecule has 0 radical (unpaired) electrons. The number of amides is 2. The van der Waals surface area contributed by atoms with Crippen LogP contribution in [0.3, 0.4) is 0 Å². The zero-order chi connectivity index (χ0) is 18.4. The summed E-state index contributed by atoms with van der Waals surface area (Å²) in [5.74, 6) is 0.694. The van der Waals surface area contributed by atoms with Crippen LogP contribution >= 0.6 is 27.5 Å². The lowest BCUT2D eigenvalue weighted by Crippen LogP contribution is -2.40. The number of halogens is 2. The normalized spacial score (nSPS) is 11.0. The molecule has 25 heavy (non-hydrogen) atoms. The highest BCUT2D eigenvalue weighted by Gasteiger charge is 2.17. The molecule has 2 aromatic carbocycles. The minimum absolute atomic E-state index is 0.0410. The average Bonchev–Trinajstić information content (AvgIpc) is 2.55. The van der Waals surface area contributed by atoms with Crippen molar-refractivity contribution in [3.05, 3.63) is 57.5 Å². The molecule has 9 heteroatoms. The Labute approximate surface area is 159 Å². The zero-order valence-corrected chi connectivity index (χ0v) is 16.4. The summed E-state index contributed by atoms with van der Waals surface area (Å²) in [5, 5.41) is 2.92. The lowest BCUT2D eigenvalue weighted by atomic mass is 10.1. The van der Waals surface area contributed by atoms with Crippen LogP contribution in [0, 0.1) is 0 Å². The van der Waals surface area contributed by atoms with E-state index in [-0.39, 0.29) is 11.4 Å². The fourth-order valence-electron chi connectivity index (χ4n) is 2.08. The van der Waals surface area contributed by atoms with Gasteiger partial charge in [0.15, 0.2) is 0 Å². The molecule has 2 N–H and O–H groups in total.